The molecule has 1 nitrogen and oxygen atoms in total. The number of hydrogen-bond donors (Lipinski definition) is 1. The molecule has 0 aliphatic heterocycles. The van der Waals surface area contributed by atoms with Crippen LogP contribution in [0.25, 0.3) is 22.9 Å². The molecule has 3 aromatic carbocycles. The monoisotopic (exact) mass is 285 g/mol. The third-order valence-electron chi connectivity index (χ3n) is 3.84. The molecule has 0 saturated heterocycles. The van der Waals surface area contributed by atoms with E-state index in [9.17, 15) is 0 Å². The number of rotatable bonds is 5. The molecular weight excluding hydrogens is 266 g/mol. The van der Waals surface area contributed by atoms with Crippen molar-refractivity contribution in [3.63, 3.8) is 0 Å². The summed E-state index contributed by atoms with van der Waals surface area (Å²) in [5, 5.41) is 6.02. The third kappa shape index (κ3) is 2.94. The Morgan fingerprint density at radius 3 is 2.32 bits per heavy atom. The van der Waals surface area contributed by atoms with Crippen molar-refractivity contribution < 1.29 is 0 Å². The summed E-state index contributed by atoms with van der Waals surface area (Å²) >= 11 is 0. The Bertz CT molecular complexity index is 830. The molecule has 0 atom stereocenters. The zero-order valence-corrected chi connectivity index (χ0v) is 12.5. The minimum atomic E-state index is 0.800. The van der Waals surface area contributed by atoms with Gasteiger partial charge in [0.1, 0.15) is 0 Å². The van der Waals surface area contributed by atoms with Gasteiger partial charge in [-0.2, -0.15) is 0 Å². The highest BCUT2D eigenvalue weighted by atomic mass is 14.9. The number of nitrogens with one attached hydrogen (secondary N) is 1. The summed E-state index contributed by atoms with van der Waals surface area (Å²) in [6.07, 6.45) is 3.71. The molecule has 0 bridgehead atoms. The van der Waals surface area contributed by atoms with Crippen LogP contribution in [0.5, 0.6) is 0 Å². The highest BCUT2D eigenvalue weighted by Crippen LogP contribution is 2.20. The van der Waals surface area contributed by atoms with E-state index >= 15 is 0 Å². The lowest BCUT2D eigenvalue weighted by Gasteiger charge is -2.10. The minimum absolute atomic E-state index is 0.800. The van der Waals surface area contributed by atoms with Crippen molar-refractivity contribution in [3.8, 4) is 0 Å². The van der Waals surface area contributed by atoms with E-state index < -0.39 is 0 Å². The van der Waals surface area contributed by atoms with Crippen molar-refractivity contribution in [2.45, 2.75) is 6.54 Å². The third-order valence-corrected chi connectivity index (χ3v) is 3.84. The molecule has 3 rings (SSSR count). The van der Waals surface area contributed by atoms with Crippen LogP contribution in [-0.4, -0.2) is 0 Å². The maximum Gasteiger partial charge on any atom is 0.0401 e. The number of hydrogen-bond acceptors (Lipinski definition) is 1. The van der Waals surface area contributed by atoms with Crippen LogP contribution in [0.1, 0.15) is 16.7 Å². The second-order valence-electron chi connectivity index (χ2n) is 5.29. The van der Waals surface area contributed by atoms with Gasteiger partial charge in [0.25, 0.3) is 0 Å². The van der Waals surface area contributed by atoms with Crippen LogP contribution in [-0.2, 0) is 6.54 Å². The fourth-order valence-electron chi connectivity index (χ4n) is 2.60. The Morgan fingerprint density at radius 2 is 1.55 bits per heavy atom. The van der Waals surface area contributed by atoms with E-state index in [0.717, 1.165) is 23.4 Å². The first-order valence-corrected chi connectivity index (χ1v) is 7.40. The lowest BCUT2D eigenvalue weighted by Crippen LogP contribution is -1.99. The average Bonchev–Trinajstić information content (AvgIpc) is 2.59. The van der Waals surface area contributed by atoms with Crippen LogP contribution in [0.15, 0.2) is 73.8 Å². The largest absolute Gasteiger partial charge is 0.381 e. The summed E-state index contributed by atoms with van der Waals surface area (Å²) in [5.74, 6) is 0. The van der Waals surface area contributed by atoms with Gasteiger partial charge in [-0.05, 0) is 45.7 Å². The molecule has 0 unspecified atom stereocenters. The molecule has 0 radical (unpaired) electrons. The molecule has 0 amide bonds. The van der Waals surface area contributed by atoms with Crippen molar-refractivity contribution in [2.75, 3.05) is 5.32 Å². The molecule has 1 N–H and O–H groups in total. The van der Waals surface area contributed by atoms with Crippen LogP contribution in [0.3, 0.4) is 0 Å². The van der Waals surface area contributed by atoms with Crippen molar-refractivity contribution in [3.05, 3.63) is 90.5 Å². The summed E-state index contributed by atoms with van der Waals surface area (Å²) in [6.45, 7) is 8.48. The van der Waals surface area contributed by atoms with Gasteiger partial charge in [0.15, 0.2) is 0 Å². The van der Waals surface area contributed by atoms with E-state index in [-0.39, 0.29) is 0 Å². The highest BCUT2D eigenvalue weighted by Gasteiger charge is 2.00. The first-order valence-electron chi connectivity index (χ1n) is 7.40. The van der Waals surface area contributed by atoms with E-state index in [1.165, 1.54) is 16.3 Å². The smallest absolute Gasteiger partial charge is 0.0401 e. The summed E-state index contributed by atoms with van der Waals surface area (Å²) in [6, 6.07) is 21.2. The average molecular weight is 285 g/mol. The topological polar surface area (TPSA) is 12.0 Å². The molecule has 1 heteroatoms. The standard InChI is InChI=1S/C21H19N/c1-3-17-11-12-21(14-18(17)4-2)22-15-16-9-10-19-7-5-6-8-20(19)13-16/h3-14,22H,1-2,15H2. The predicted octanol–water partition coefficient (Wildman–Crippen LogP) is 5.74. The van der Waals surface area contributed by atoms with E-state index in [1.54, 1.807) is 0 Å². The Balaban J connectivity index is 1.78. The van der Waals surface area contributed by atoms with Gasteiger partial charge in [0, 0.05) is 12.2 Å². The molecule has 0 saturated carbocycles. The van der Waals surface area contributed by atoms with Gasteiger partial charge in [-0.1, -0.05) is 67.8 Å². The molecule has 0 fully saturated rings. The molecule has 3 aromatic rings. The zero-order valence-electron chi connectivity index (χ0n) is 12.5. The second-order valence-corrected chi connectivity index (χ2v) is 5.29. The predicted molar refractivity (Wildman–Crippen MR) is 97.9 cm³/mol. The Hall–Kier alpha value is -2.80. The van der Waals surface area contributed by atoms with E-state index in [4.69, 9.17) is 0 Å². The van der Waals surface area contributed by atoms with Crippen LogP contribution in [0.4, 0.5) is 5.69 Å². The summed E-state index contributed by atoms with van der Waals surface area (Å²) < 4.78 is 0. The normalized spacial score (nSPS) is 10.4. The van der Waals surface area contributed by atoms with Gasteiger partial charge < -0.3 is 5.32 Å². The van der Waals surface area contributed by atoms with Crippen molar-refractivity contribution in [2.24, 2.45) is 0 Å². The first-order chi connectivity index (χ1) is 10.8. The van der Waals surface area contributed by atoms with Crippen LogP contribution < -0.4 is 5.32 Å². The molecule has 0 heterocycles. The van der Waals surface area contributed by atoms with Gasteiger partial charge in [-0.15, -0.1) is 0 Å². The number of benzene rings is 3. The molecular formula is C21H19N. The van der Waals surface area contributed by atoms with Crippen molar-refractivity contribution in [1.29, 1.82) is 0 Å². The molecule has 0 spiro atoms. The Morgan fingerprint density at radius 1 is 0.773 bits per heavy atom. The fraction of sp³-hybridized carbons (Fsp3) is 0.0476. The van der Waals surface area contributed by atoms with Crippen LogP contribution in [0, 0.1) is 0 Å². The van der Waals surface area contributed by atoms with Crippen LogP contribution >= 0.6 is 0 Å². The Labute approximate surface area is 131 Å². The molecule has 0 aliphatic carbocycles. The molecule has 0 aliphatic rings. The zero-order chi connectivity index (χ0) is 15.4. The number of anilines is 1. The Kier molecular flexibility index (Phi) is 4.06. The second kappa shape index (κ2) is 6.31. The highest BCUT2D eigenvalue weighted by molar-refractivity contribution is 5.83. The first kappa shape index (κ1) is 14.2. The lowest BCUT2D eigenvalue weighted by molar-refractivity contribution is 1.15. The molecule has 22 heavy (non-hydrogen) atoms. The fourth-order valence-corrected chi connectivity index (χ4v) is 2.60. The van der Waals surface area contributed by atoms with Crippen molar-refractivity contribution in [1.82, 2.24) is 0 Å². The van der Waals surface area contributed by atoms with Gasteiger partial charge in [0.2, 0.25) is 0 Å². The van der Waals surface area contributed by atoms with E-state index in [2.05, 4.69) is 79.1 Å². The van der Waals surface area contributed by atoms with Gasteiger partial charge in [-0.25, -0.2) is 0 Å². The van der Waals surface area contributed by atoms with E-state index in [0.29, 0.717) is 0 Å². The van der Waals surface area contributed by atoms with Crippen molar-refractivity contribution >= 4 is 28.6 Å². The summed E-state index contributed by atoms with van der Waals surface area (Å²) in [7, 11) is 0. The summed E-state index contributed by atoms with van der Waals surface area (Å²) in [4.78, 5) is 0. The molecule has 0 aromatic heterocycles. The van der Waals surface area contributed by atoms with Gasteiger partial charge >= 0.3 is 0 Å². The van der Waals surface area contributed by atoms with E-state index in [1.807, 2.05) is 12.2 Å². The quantitative estimate of drug-likeness (QED) is 0.630. The maximum atomic E-state index is 3.86. The maximum absolute atomic E-state index is 3.86. The number of fused-ring (bicyclic) bond motifs is 1. The van der Waals surface area contributed by atoms with Crippen LogP contribution in [0.2, 0.25) is 0 Å². The lowest BCUT2D eigenvalue weighted by atomic mass is 10.1. The SMILES string of the molecule is C=Cc1ccc(NCc2ccc3ccccc3c2)cc1C=C. The van der Waals surface area contributed by atoms with Gasteiger partial charge in [0.05, 0.1) is 0 Å². The minimum Gasteiger partial charge on any atom is -0.381 e. The molecule has 108 valence electrons. The summed E-state index contributed by atoms with van der Waals surface area (Å²) in [5.41, 5.74) is 4.56. The van der Waals surface area contributed by atoms with Gasteiger partial charge in [-0.3, -0.25) is 0 Å².